The Morgan fingerprint density at radius 3 is 2.14 bits per heavy atom. The minimum absolute atomic E-state index is 0.358. The van der Waals surface area contributed by atoms with Crippen LogP contribution in [0.4, 0.5) is 5.69 Å². The minimum atomic E-state index is -0.380. The fourth-order valence-corrected chi connectivity index (χ4v) is 4.23. The molecule has 2 aliphatic rings. The molecule has 0 atom stereocenters. The molecule has 1 amide bonds. The van der Waals surface area contributed by atoms with Gasteiger partial charge >= 0.3 is 0 Å². The maximum Gasteiger partial charge on any atom is 0.299 e. The number of Topliss-reactive ketones (excluding diaryl/α,β-unsaturated/α-hetero) is 1. The normalized spacial score (nSPS) is 18.0. The van der Waals surface area contributed by atoms with Gasteiger partial charge in [-0.2, -0.15) is 0 Å². The average molecular weight is 377 g/mol. The first-order chi connectivity index (χ1) is 13.5. The lowest BCUT2D eigenvalue weighted by molar-refractivity contribution is -0.114. The monoisotopic (exact) mass is 377 g/mol. The number of fused-ring (bicyclic) bond motifs is 1. The van der Waals surface area contributed by atoms with Gasteiger partial charge in [-0.3, -0.25) is 19.4 Å². The van der Waals surface area contributed by atoms with Crippen molar-refractivity contribution in [2.24, 2.45) is 0 Å². The summed E-state index contributed by atoms with van der Waals surface area (Å²) < 4.78 is 0. The Bertz CT molecular complexity index is 886. The molecule has 0 aromatic heterocycles. The molecular weight excluding hydrogens is 350 g/mol. The summed E-state index contributed by atoms with van der Waals surface area (Å²) in [5.41, 5.74) is 4.64. The van der Waals surface area contributed by atoms with E-state index in [1.807, 2.05) is 32.0 Å². The average Bonchev–Trinajstić information content (AvgIpc) is 2.97. The smallest absolute Gasteiger partial charge is 0.299 e. The summed E-state index contributed by atoms with van der Waals surface area (Å²) in [5.74, 6) is -0.737. The van der Waals surface area contributed by atoms with E-state index in [9.17, 15) is 9.59 Å². The van der Waals surface area contributed by atoms with E-state index in [1.165, 1.54) is 5.56 Å². The third kappa shape index (κ3) is 3.60. The van der Waals surface area contributed by atoms with Gasteiger partial charge < -0.3 is 4.90 Å². The number of carbonyl (C=O) groups excluding carboxylic acids is 2. The molecule has 5 heteroatoms. The molecule has 146 valence electrons. The molecule has 0 spiro atoms. The van der Waals surface area contributed by atoms with Gasteiger partial charge in [0.15, 0.2) is 0 Å². The van der Waals surface area contributed by atoms with E-state index >= 15 is 0 Å². The van der Waals surface area contributed by atoms with Gasteiger partial charge in [0.2, 0.25) is 0 Å². The van der Waals surface area contributed by atoms with Crippen LogP contribution in [-0.2, 0) is 11.3 Å². The molecule has 0 N–H and O–H groups in total. The zero-order valence-electron chi connectivity index (χ0n) is 16.6. The number of rotatable bonds is 5. The van der Waals surface area contributed by atoms with Gasteiger partial charge in [0.25, 0.3) is 11.7 Å². The topological polar surface area (TPSA) is 43.9 Å². The first-order valence-electron chi connectivity index (χ1n) is 9.99. The van der Waals surface area contributed by atoms with Gasteiger partial charge in [-0.25, -0.2) is 0 Å². The predicted molar refractivity (Wildman–Crippen MR) is 111 cm³/mol. The fraction of sp³-hybridized carbons (Fsp3) is 0.391. The molecule has 2 aromatic carbocycles. The highest BCUT2D eigenvalue weighted by Crippen LogP contribution is 2.34. The fourth-order valence-electron chi connectivity index (χ4n) is 4.23. The molecule has 2 aromatic rings. The van der Waals surface area contributed by atoms with Gasteiger partial charge in [-0.05, 0) is 30.5 Å². The zero-order valence-corrected chi connectivity index (χ0v) is 16.6. The lowest BCUT2D eigenvalue weighted by atomic mass is 10.0. The summed E-state index contributed by atoms with van der Waals surface area (Å²) in [6.45, 7) is 10.3. The van der Waals surface area contributed by atoms with Crippen molar-refractivity contribution in [3.8, 4) is 0 Å². The van der Waals surface area contributed by atoms with Crippen molar-refractivity contribution in [1.82, 2.24) is 9.80 Å². The lowest BCUT2D eigenvalue weighted by Gasteiger charge is -2.35. The van der Waals surface area contributed by atoms with Gasteiger partial charge in [0.05, 0.1) is 11.3 Å². The van der Waals surface area contributed by atoms with Crippen LogP contribution >= 0.6 is 0 Å². The highest BCUT2D eigenvalue weighted by atomic mass is 16.2. The van der Waals surface area contributed by atoms with E-state index in [1.54, 1.807) is 4.90 Å². The maximum absolute atomic E-state index is 12.5. The molecule has 4 rings (SSSR count). The zero-order chi connectivity index (χ0) is 19.7. The maximum atomic E-state index is 12.5. The predicted octanol–water partition coefficient (Wildman–Crippen LogP) is 2.65. The number of nitrogens with zero attached hydrogens (tertiary/aromatic N) is 3. The Morgan fingerprint density at radius 2 is 1.43 bits per heavy atom. The van der Waals surface area contributed by atoms with Crippen LogP contribution < -0.4 is 4.90 Å². The van der Waals surface area contributed by atoms with Crippen molar-refractivity contribution in [3.63, 3.8) is 0 Å². The number of hydrogen-bond donors (Lipinski definition) is 0. The van der Waals surface area contributed by atoms with Crippen LogP contribution in [0.3, 0.4) is 0 Å². The summed E-state index contributed by atoms with van der Waals surface area (Å²) in [6.07, 6.45) is 0. The largest absolute Gasteiger partial charge is 0.303 e. The van der Waals surface area contributed by atoms with Crippen LogP contribution in [0.25, 0.3) is 0 Å². The number of ketones is 1. The van der Waals surface area contributed by atoms with Crippen molar-refractivity contribution < 1.29 is 9.59 Å². The Labute approximate surface area is 166 Å². The molecule has 2 aliphatic heterocycles. The van der Waals surface area contributed by atoms with Crippen molar-refractivity contribution in [2.45, 2.75) is 20.4 Å². The summed E-state index contributed by atoms with van der Waals surface area (Å²) in [6, 6.07) is 14.5. The molecule has 0 unspecified atom stereocenters. The summed E-state index contributed by atoms with van der Waals surface area (Å²) in [7, 11) is 0. The molecule has 0 radical (unpaired) electrons. The van der Waals surface area contributed by atoms with Crippen molar-refractivity contribution in [3.05, 3.63) is 64.7 Å². The van der Waals surface area contributed by atoms with E-state index in [0.29, 0.717) is 12.1 Å². The number of anilines is 1. The minimum Gasteiger partial charge on any atom is -0.303 e. The number of aryl methyl sites for hydroxylation is 2. The number of carbonyl (C=O) groups is 2. The van der Waals surface area contributed by atoms with E-state index < -0.39 is 0 Å². The summed E-state index contributed by atoms with van der Waals surface area (Å²) >= 11 is 0. The van der Waals surface area contributed by atoms with Crippen LogP contribution in [0.5, 0.6) is 0 Å². The third-order valence-corrected chi connectivity index (χ3v) is 5.88. The first kappa shape index (κ1) is 18.8. The second-order valence-corrected chi connectivity index (χ2v) is 7.81. The molecule has 5 nitrogen and oxygen atoms in total. The van der Waals surface area contributed by atoms with E-state index in [4.69, 9.17) is 0 Å². The highest BCUT2D eigenvalue weighted by Gasteiger charge is 2.38. The van der Waals surface area contributed by atoms with Gasteiger partial charge in [-0.1, -0.05) is 42.5 Å². The quantitative estimate of drug-likeness (QED) is 0.752. The number of benzene rings is 2. The number of amides is 1. The molecule has 1 saturated heterocycles. The highest BCUT2D eigenvalue weighted by molar-refractivity contribution is 6.52. The second kappa shape index (κ2) is 7.86. The van der Waals surface area contributed by atoms with Crippen LogP contribution in [0.2, 0.25) is 0 Å². The molecule has 1 fully saturated rings. The van der Waals surface area contributed by atoms with Crippen LogP contribution in [0.1, 0.15) is 27.0 Å². The molecule has 0 saturated carbocycles. The van der Waals surface area contributed by atoms with Crippen molar-refractivity contribution >= 4 is 17.4 Å². The van der Waals surface area contributed by atoms with Crippen LogP contribution in [0.15, 0.2) is 42.5 Å². The van der Waals surface area contributed by atoms with E-state index in [2.05, 4.69) is 34.1 Å². The van der Waals surface area contributed by atoms with Gasteiger partial charge in [0, 0.05) is 45.8 Å². The van der Waals surface area contributed by atoms with Crippen molar-refractivity contribution in [2.75, 3.05) is 44.2 Å². The SMILES string of the molecule is Cc1ccc(C)c2c1C(=O)C(=O)N2CCN1CCN(Cc2ccccc2)CC1. The third-order valence-electron chi connectivity index (χ3n) is 5.88. The van der Waals surface area contributed by atoms with Crippen LogP contribution in [0, 0.1) is 13.8 Å². The number of hydrogen-bond acceptors (Lipinski definition) is 4. The Hall–Kier alpha value is -2.50. The summed E-state index contributed by atoms with van der Waals surface area (Å²) in [4.78, 5) is 31.5. The number of piperazine rings is 1. The van der Waals surface area contributed by atoms with Crippen LogP contribution in [-0.4, -0.2) is 60.8 Å². The molecule has 2 heterocycles. The Kier molecular flexibility index (Phi) is 5.29. The first-order valence-corrected chi connectivity index (χ1v) is 9.99. The molecular formula is C23H27N3O2. The molecule has 0 aliphatic carbocycles. The second-order valence-electron chi connectivity index (χ2n) is 7.81. The Morgan fingerprint density at radius 1 is 0.786 bits per heavy atom. The lowest BCUT2D eigenvalue weighted by Crippen LogP contribution is -2.48. The van der Waals surface area contributed by atoms with E-state index in [-0.39, 0.29) is 11.7 Å². The Balaban J connectivity index is 1.35. The van der Waals surface area contributed by atoms with E-state index in [0.717, 1.165) is 56.1 Å². The molecule has 0 bridgehead atoms. The van der Waals surface area contributed by atoms with Gasteiger partial charge in [-0.15, -0.1) is 0 Å². The van der Waals surface area contributed by atoms with Crippen molar-refractivity contribution in [1.29, 1.82) is 0 Å². The standard InChI is InChI=1S/C23H27N3O2/c1-17-8-9-18(2)21-20(17)22(27)23(28)26(21)15-14-24-10-12-25(13-11-24)16-19-6-4-3-5-7-19/h3-9H,10-16H2,1-2H3. The molecule has 28 heavy (non-hydrogen) atoms. The summed E-state index contributed by atoms with van der Waals surface area (Å²) in [5, 5.41) is 0. The van der Waals surface area contributed by atoms with Gasteiger partial charge in [0.1, 0.15) is 0 Å².